The van der Waals surface area contributed by atoms with Crippen molar-refractivity contribution in [2.45, 2.75) is 34.2 Å². The van der Waals surface area contributed by atoms with Crippen molar-refractivity contribution in [3.05, 3.63) is 75.1 Å². The van der Waals surface area contributed by atoms with Gasteiger partial charge in [0.2, 0.25) is 5.91 Å². The lowest BCUT2D eigenvalue weighted by atomic mass is 10.1. The van der Waals surface area contributed by atoms with E-state index in [9.17, 15) is 9.59 Å². The first-order valence-corrected chi connectivity index (χ1v) is 8.34. The number of amides is 1. The Morgan fingerprint density at radius 3 is 2.44 bits per heavy atom. The summed E-state index contributed by atoms with van der Waals surface area (Å²) in [6.45, 7) is 7.76. The van der Waals surface area contributed by atoms with Crippen molar-refractivity contribution in [2.24, 2.45) is 0 Å². The molecular formula is C21H22N2O2. The van der Waals surface area contributed by atoms with Gasteiger partial charge in [-0.3, -0.25) is 9.59 Å². The van der Waals surface area contributed by atoms with E-state index < -0.39 is 0 Å². The van der Waals surface area contributed by atoms with Gasteiger partial charge in [0.1, 0.15) is 0 Å². The first-order valence-electron chi connectivity index (χ1n) is 8.34. The van der Waals surface area contributed by atoms with Gasteiger partial charge in [0.05, 0.1) is 12.1 Å². The number of anilines is 1. The summed E-state index contributed by atoms with van der Waals surface area (Å²) in [7, 11) is 0. The van der Waals surface area contributed by atoms with Crippen LogP contribution >= 0.6 is 0 Å². The van der Waals surface area contributed by atoms with Crippen molar-refractivity contribution in [2.75, 3.05) is 4.90 Å². The van der Waals surface area contributed by atoms with Gasteiger partial charge in [-0.25, -0.2) is 0 Å². The Kier molecular flexibility index (Phi) is 4.45. The number of hydrogen-bond donors (Lipinski definition) is 1. The van der Waals surface area contributed by atoms with Crippen LogP contribution in [0.5, 0.6) is 0 Å². The van der Waals surface area contributed by atoms with Crippen LogP contribution < -0.4 is 10.5 Å². The number of aryl methyl sites for hydroxylation is 2. The quantitative estimate of drug-likeness (QED) is 0.787. The number of pyridine rings is 1. The number of hydrogen-bond acceptors (Lipinski definition) is 2. The van der Waals surface area contributed by atoms with Crippen LogP contribution in [0, 0.1) is 20.8 Å². The number of rotatable bonds is 3. The van der Waals surface area contributed by atoms with Crippen LogP contribution in [0.1, 0.15) is 29.2 Å². The third-order valence-electron chi connectivity index (χ3n) is 4.74. The highest BCUT2D eigenvalue weighted by Crippen LogP contribution is 2.25. The minimum absolute atomic E-state index is 0.0857. The van der Waals surface area contributed by atoms with Crippen LogP contribution in [0.15, 0.2) is 47.3 Å². The van der Waals surface area contributed by atoms with Crippen molar-refractivity contribution in [1.29, 1.82) is 0 Å². The lowest BCUT2D eigenvalue weighted by Crippen LogP contribution is -2.31. The van der Waals surface area contributed by atoms with E-state index in [1.165, 1.54) is 6.92 Å². The molecule has 0 aliphatic carbocycles. The monoisotopic (exact) mass is 334 g/mol. The van der Waals surface area contributed by atoms with E-state index in [1.54, 1.807) is 4.90 Å². The number of fused-ring (bicyclic) bond motifs is 1. The van der Waals surface area contributed by atoms with Gasteiger partial charge in [-0.2, -0.15) is 0 Å². The predicted molar refractivity (Wildman–Crippen MR) is 102 cm³/mol. The third kappa shape index (κ3) is 3.20. The summed E-state index contributed by atoms with van der Waals surface area (Å²) >= 11 is 0. The Morgan fingerprint density at radius 2 is 1.72 bits per heavy atom. The van der Waals surface area contributed by atoms with Crippen molar-refractivity contribution in [3.63, 3.8) is 0 Å². The van der Waals surface area contributed by atoms with E-state index in [0.29, 0.717) is 5.56 Å². The summed E-state index contributed by atoms with van der Waals surface area (Å²) in [6, 6.07) is 13.6. The molecule has 2 aromatic carbocycles. The SMILES string of the molecule is CC(=O)N(Cc1cc2cccc(C)c2[nH]c1=O)c1cccc(C)c1C. The maximum Gasteiger partial charge on any atom is 0.253 e. The number of aromatic nitrogens is 1. The lowest BCUT2D eigenvalue weighted by Gasteiger charge is -2.24. The van der Waals surface area contributed by atoms with Gasteiger partial charge >= 0.3 is 0 Å². The second kappa shape index (κ2) is 6.55. The van der Waals surface area contributed by atoms with Crippen molar-refractivity contribution in [1.82, 2.24) is 4.98 Å². The molecule has 0 saturated heterocycles. The molecule has 0 aliphatic heterocycles. The standard InChI is InChI=1S/C21H22N2O2/c1-13-7-6-10-19(15(13)3)23(16(4)24)12-18-11-17-9-5-8-14(2)20(17)22-21(18)25/h5-11H,12H2,1-4H3,(H,22,25). The topological polar surface area (TPSA) is 53.2 Å². The molecule has 3 aromatic rings. The van der Waals surface area contributed by atoms with E-state index in [1.807, 2.05) is 63.2 Å². The molecule has 0 atom stereocenters. The summed E-state index contributed by atoms with van der Waals surface area (Å²) in [6.07, 6.45) is 0. The highest BCUT2D eigenvalue weighted by molar-refractivity contribution is 5.92. The second-order valence-corrected chi connectivity index (χ2v) is 6.49. The number of carbonyl (C=O) groups is 1. The van der Waals surface area contributed by atoms with Gasteiger partial charge in [0.25, 0.3) is 5.56 Å². The molecule has 3 rings (SSSR count). The molecule has 1 heterocycles. The maximum atomic E-state index is 12.5. The second-order valence-electron chi connectivity index (χ2n) is 6.49. The molecule has 1 N–H and O–H groups in total. The molecule has 4 nitrogen and oxygen atoms in total. The normalized spacial score (nSPS) is 10.9. The zero-order valence-electron chi connectivity index (χ0n) is 15.0. The smallest absolute Gasteiger partial charge is 0.253 e. The van der Waals surface area contributed by atoms with Gasteiger partial charge in [-0.05, 0) is 55.0 Å². The van der Waals surface area contributed by atoms with Crippen molar-refractivity contribution >= 4 is 22.5 Å². The van der Waals surface area contributed by atoms with Gasteiger partial charge in [-0.15, -0.1) is 0 Å². The highest BCUT2D eigenvalue weighted by Gasteiger charge is 2.17. The number of nitrogens with zero attached hydrogens (tertiary/aromatic N) is 1. The van der Waals surface area contributed by atoms with Crippen LogP contribution in [-0.2, 0) is 11.3 Å². The van der Waals surface area contributed by atoms with Gasteiger partial charge in [0.15, 0.2) is 0 Å². The maximum absolute atomic E-state index is 12.5. The molecule has 128 valence electrons. The number of nitrogens with one attached hydrogen (secondary N) is 1. The van der Waals surface area contributed by atoms with Crippen LogP contribution in [0.25, 0.3) is 10.9 Å². The number of carbonyl (C=O) groups excluding carboxylic acids is 1. The number of para-hydroxylation sites is 1. The number of benzene rings is 2. The van der Waals surface area contributed by atoms with Crippen LogP contribution in [-0.4, -0.2) is 10.9 Å². The fraction of sp³-hybridized carbons (Fsp3) is 0.238. The number of aromatic amines is 1. The molecular weight excluding hydrogens is 312 g/mol. The average molecular weight is 334 g/mol. The van der Waals surface area contributed by atoms with Crippen molar-refractivity contribution < 1.29 is 4.79 Å². The molecule has 1 amide bonds. The molecule has 0 aliphatic rings. The van der Waals surface area contributed by atoms with E-state index in [4.69, 9.17) is 0 Å². The molecule has 1 aromatic heterocycles. The predicted octanol–water partition coefficient (Wildman–Crippen LogP) is 4.01. The Morgan fingerprint density at radius 1 is 1.04 bits per heavy atom. The minimum atomic E-state index is -0.154. The van der Waals surface area contributed by atoms with Gasteiger partial charge < -0.3 is 9.88 Å². The summed E-state index contributed by atoms with van der Waals surface area (Å²) < 4.78 is 0. The summed E-state index contributed by atoms with van der Waals surface area (Å²) in [4.78, 5) is 29.4. The fourth-order valence-corrected chi connectivity index (χ4v) is 3.11. The zero-order valence-corrected chi connectivity index (χ0v) is 15.0. The Balaban J connectivity index is 2.08. The van der Waals surface area contributed by atoms with Crippen molar-refractivity contribution in [3.8, 4) is 0 Å². The summed E-state index contributed by atoms with van der Waals surface area (Å²) in [5.74, 6) is -0.0857. The first kappa shape index (κ1) is 17.0. The molecule has 0 bridgehead atoms. The van der Waals surface area contributed by atoms with Gasteiger partial charge in [-0.1, -0.05) is 30.3 Å². The van der Waals surface area contributed by atoms with E-state index in [0.717, 1.165) is 33.3 Å². The number of H-pyrrole nitrogens is 1. The minimum Gasteiger partial charge on any atom is -0.321 e. The third-order valence-corrected chi connectivity index (χ3v) is 4.74. The van der Waals surface area contributed by atoms with E-state index in [2.05, 4.69) is 4.98 Å². The molecule has 4 heteroatoms. The molecule has 0 spiro atoms. The van der Waals surface area contributed by atoms with E-state index >= 15 is 0 Å². The summed E-state index contributed by atoms with van der Waals surface area (Å²) in [5, 5.41) is 0.971. The Labute approximate surface area is 147 Å². The highest BCUT2D eigenvalue weighted by atomic mass is 16.2. The largest absolute Gasteiger partial charge is 0.321 e. The molecule has 0 fully saturated rings. The zero-order chi connectivity index (χ0) is 18.1. The van der Waals surface area contributed by atoms with E-state index in [-0.39, 0.29) is 18.0 Å². The molecule has 0 unspecified atom stereocenters. The Bertz CT molecular complexity index is 1020. The first-order chi connectivity index (χ1) is 11.9. The fourth-order valence-electron chi connectivity index (χ4n) is 3.11. The lowest BCUT2D eigenvalue weighted by molar-refractivity contribution is -0.116. The average Bonchev–Trinajstić information content (AvgIpc) is 2.56. The van der Waals surface area contributed by atoms with Crippen LogP contribution in [0.2, 0.25) is 0 Å². The molecule has 0 radical (unpaired) electrons. The molecule has 25 heavy (non-hydrogen) atoms. The van der Waals surface area contributed by atoms with Crippen LogP contribution in [0.3, 0.4) is 0 Å². The summed E-state index contributed by atoms with van der Waals surface area (Å²) in [5.41, 5.74) is 5.30. The van der Waals surface area contributed by atoms with Crippen LogP contribution in [0.4, 0.5) is 5.69 Å². The Hall–Kier alpha value is -2.88. The molecule has 0 saturated carbocycles. The van der Waals surface area contributed by atoms with Gasteiger partial charge in [0, 0.05) is 18.2 Å².